The maximum absolute atomic E-state index is 13.6. The van der Waals surface area contributed by atoms with Crippen LogP contribution in [0.1, 0.15) is 57.7 Å². The fourth-order valence-corrected chi connectivity index (χ4v) is 6.10. The third-order valence-electron chi connectivity index (χ3n) is 8.91. The van der Waals surface area contributed by atoms with E-state index in [-0.39, 0.29) is 50.2 Å². The van der Waals surface area contributed by atoms with Gasteiger partial charge in [0.25, 0.3) is 0 Å². The molecule has 15 heteroatoms. The number of nitrogens with two attached hydrogens (primary N) is 1. The van der Waals surface area contributed by atoms with Crippen LogP contribution in [0.4, 0.5) is 23.4 Å². The van der Waals surface area contributed by atoms with Gasteiger partial charge in [0.15, 0.2) is 17.5 Å². The summed E-state index contributed by atoms with van der Waals surface area (Å²) in [7, 11) is 0. The van der Waals surface area contributed by atoms with Gasteiger partial charge in [0.1, 0.15) is 17.1 Å². The third-order valence-corrected chi connectivity index (χ3v) is 8.91. The van der Waals surface area contributed by atoms with Crippen LogP contribution >= 0.6 is 0 Å². The second-order valence-corrected chi connectivity index (χ2v) is 12.5. The molecule has 1 saturated heterocycles. The second-order valence-electron chi connectivity index (χ2n) is 12.5. The number of pyridine rings is 1. The van der Waals surface area contributed by atoms with E-state index in [0.29, 0.717) is 25.3 Å². The molecule has 0 spiro atoms. The number of Topliss-reactive ketones (excluding diaryl/α,β-unsaturated/α-hetero) is 1. The Hall–Kier alpha value is -4.63. The average Bonchev–Trinajstić information content (AvgIpc) is 3.50. The first kappa shape index (κ1) is 37.6. The number of anilines is 1. The molecule has 1 fully saturated rings. The van der Waals surface area contributed by atoms with Gasteiger partial charge in [-0.15, -0.1) is 0 Å². The van der Waals surface area contributed by atoms with Crippen molar-refractivity contribution < 1.29 is 41.4 Å². The normalized spacial score (nSPS) is 13.7. The first-order chi connectivity index (χ1) is 24.6. The summed E-state index contributed by atoms with van der Waals surface area (Å²) in [6.07, 6.45) is 3.21. The molecule has 0 radical (unpaired) electrons. The Kier molecular flexibility index (Phi) is 12.9. The van der Waals surface area contributed by atoms with Crippen LogP contribution in [0, 0.1) is 23.3 Å². The molecule has 0 aliphatic carbocycles. The number of ether oxygens (including phenoxy) is 2. The van der Waals surface area contributed by atoms with E-state index in [1.807, 2.05) is 18.2 Å². The number of hydrogen-bond donors (Lipinski definition) is 1. The molecular formula is C36H42F4N6O5. The molecule has 1 aliphatic heterocycles. The minimum absolute atomic E-state index is 0.0105. The van der Waals surface area contributed by atoms with E-state index in [9.17, 15) is 31.9 Å². The number of halogens is 4. The summed E-state index contributed by atoms with van der Waals surface area (Å²) in [5, 5.41) is 1.02. The highest BCUT2D eigenvalue weighted by Gasteiger charge is 2.24. The largest absolute Gasteiger partial charge is 0.420 e. The van der Waals surface area contributed by atoms with Crippen LogP contribution in [0.5, 0.6) is 5.75 Å². The lowest BCUT2D eigenvalue weighted by Gasteiger charge is -2.35. The number of aromatic nitrogens is 3. The van der Waals surface area contributed by atoms with Crippen molar-refractivity contribution in [3.05, 3.63) is 59.4 Å². The molecule has 0 unspecified atom stereocenters. The summed E-state index contributed by atoms with van der Waals surface area (Å²) < 4.78 is 65.8. The van der Waals surface area contributed by atoms with Gasteiger partial charge in [0, 0.05) is 83.0 Å². The van der Waals surface area contributed by atoms with Gasteiger partial charge in [-0.25, -0.2) is 18.7 Å². The van der Waals surface area contributed by atoms with Crippen LogP contribution in [0.15, 0.2) is 30.3 Å². The first-order valence-electron chi connectivity index (χ1n) is 17.2. The minimum Gasteiger partial charge on any atom is -0.420 e. The molecule has 1 aliphatic rings. The Morgan fingerprint density at radius 2 is 1.59 bits per heavy atom. The van der Waals surface area contributed by atoms with Crippen LogP contribution in [0.3, 0.4) is 0 Å². The number of nitrogen functional groups attached to an aromatic ring is 1. The van der Waals surface area contributed by atoms with Gasteiger partial charge in [0.2, 0.25) is 23.3 Å². The number of rotatable bonds is 17. The molecule has 3 heterocycles. The van der Waals surface area contributed by atoms with E-state index in [1.165, 1.54) is 0 Å². The van der Waals surface area contributed by atoms with Gasteiger partial charge in [-0.3, -0.25) is 19.3 Å². The lowest BCUT2D eigenvalue weighted by Crippen LogP contribution is -2.49. The Morgan fingerprint density at radius 1 is 0.863 bits per heavy atom. The number of hydrogen-bond acceptors (Lipinski definition) is 9. The number of esters is 1. The summed E-state index contributed by atoms with van der Waals surface area (Å²) in [5.41, 5.74) is 8.91. The van der Waals surface area contributed by atoms with E-state index in [2.05, 4.69) is 32.2 Å². The molecule has 4 aromatic rings. The maximum Gasteiger partial charge on any atom is 0.313 e. The molecular weight excluding hydrogens is 672 g/mol. The van der Waals surface area contributed by atoms with E-state index in [4.69, 9.17) is 15.5 Å². The molecule has 2 aromatic carbocycles. The summed E-state index contributed by atoms with van der Waals surface area (Å²) in [6, 6.07) is 7.96. The highest BCUT2D eigenvalue weighted by molar-refractivity contribution is 6.06. The molecule has 0 bridgehead atoms. The molecule has 51 heavy (non-hydrogen) atoms. The van der Waals surface area contributed by atoms with E-state index >= 15 is 0 Å². The zero-order valence-electron chi connectivity index (χ0n) is 28.6. The predicted octanol–water partition coefficient (Wildman–Crippen LogP) is 5.35. The highest BCUT2D eigenvalue weighted by atomic mass is 19.2. The molecule has 5 rings (SSSR count). The highest BCUT2D eigenvalue weighted by Crippen LogP contribution is 2.30. The Bertz CT molecular complexity index is 1850. The number of para-hydroxylation sites is 1. The molecule has 274 valence electrons. The van der Waals surface area contributed by atoms with Crippen LogP contribution in [-0.2, 0) is 32.1 Å². The van der Waals surface area contributed by atoms with Crippen molar-refractivity contribution in [2.24, 2.45) is 0 Å². The van der Waals surface area contributed by atoms with Crippen molar-refractivity contribution in [1.29, 1.82) is 0 Å². The van der Waals surface area contributed by atoms with Crippen molar-refractivity contribution in [2.75, 3.05) is 51.7 Å². The smallest absolute Gasteiger partial charge is 0.313 e. The molecule has 0 saturated carbocycles. The van der Waals surface area contributed by atoms with Crippen LogP contribution in [0.25, 0.3) is 21.9 Å². The van der Waals surface area contributed by atoms with E-state index < -0.39 is 41.4 Å². The van der Waals surface area contributed by atoms with Gasteiger partial charge < -0.3 is 24.7 Å². The van der Waals surface area contributed by atoms with Gasteiger partial charge in [-0.1, -0.05) is 31.5 Å². The Morgan fingerprint density at radius 3 is 2.31 bits per heavy atom. The number of imidazole rings is 1. The molecule has 2 aromatic heterocycles. The van der Waals surface area contributed by atoms with Gasteiger partial charge >= 0.3 is 5.97 Å². The van der Waals surface area contributed by atoms with Crippen LogP contribution in [-0.4, -0.2) is 87.9 Å². The number of amides is 1. The lowest BCUT2D eigenvalue weighted by molar-refractivity contribution is -0.136. The van der Waals surface area contributed by atoms with Gasteiger partial charge in [-0.05, 0) is 18.9 Å². The molecule has 1 amide bonds. The fourth-order valence-electron chi connectivity index (χ4n) is 6.10. The van der Waals surface area contributed by atoms with Crippen molar-refractivity contribution in [1.82, 2.24) is 24.3 Å². The number of unbranched alkanes of at least 4 members (excludes halogenated alkanes) is 1. The second kappa shape index (κ2) is 17.5. The number of ketones is 1. The summed E-state index contributed by atoms with van der Waals surface area (Å²) in [6.45, 7) is 6.17. The van der Waals surface area contributed by atoms with Crippen LogP contribution in [0.2, 0.25) is 0 Å². The first-order valence-corrected chi connectivity index (χ1v) is 17.2. The van der Waals surface area contributed by atoms with Crippen molar-refractivity contribution >= 4 is 45.4 Å². The van der Waals surface area contributed by atoms with Gasteiger partial charge in [0.05, 0.1) is 24.1 Å². The van der Waals surface area contributed by atoms with Crippen molar-refractivity contribution in [2.45, 2.75) is 64.8 Å². The number of benzene rings is 2. The lowest BCUT2D eigenvalue weighted by atomic mass is 10.1. The number of nitrogens with zero attached hydrogens (tertiary/aromatic N) is 5. The Balaban J connectivity index is 0.995. The monoisotopic (exact) mass is 714 g/mol. The average molecular weight is 715 g/mol. The Labute approximate surface area is 292 Å². The maximum atomic E-state index is 13.6. The predicted molar refractivity (Wildman–Crippen MR) is 182 cm³/mol. The summed E-state index contributed by atoms with van der Waals surface area (Å²) >= 11 is 0. The number of carbonyl (C=O) groups excluding carboxylic acids is 3. The molecule has 0 atom stereocenters. The van der Waals surface area contributed by atoms with E-state index in [1.54, 1.807) is 4.90 Å². The standard InChI is InChI=1S/C36H42F4N6O5/c1-2-3-10-28-43-33-34(24-8-4-5-9-27(24)42-36(33)41)46(28)19-16-44-14-17-45(18-15-44)29(48)12-11-23(47)7-6-20-50-21-13-30(49)51-35-31(39)25(37)22-26(38)32(35)40/h4-5,8-9,22H,2-3,6-7,10-21H2,1H3,(H2,41,42). The van der Waals surface area contributed by atoms with Crippen molar-refractivity contribution in [3.63, 3.8) is 0 Å². The minimum atomic E-state index is -1.81. The zero-order valence-corrected chi connectivity index (χ0v) is 28.6. The van der Waals surface area contributed by atoms with Gasteiger partial charge in [-0.2, -0.15) is 8.78 Å². The van der Waals surface area contributed by atoms with Crippen LogP contribution < -0.4 is 10.5 Å². The topological polar surface area (TPSA) is 133 Å². The summed E-state index contributed by atoms with van der Waals surface area (Å²) in [4.78, 5) is 50.6. The third kappa shape index (κ3) is 9.38. The van der Waals surface area contributed by atoms with E-state index in [0.717, 1.165) is 73.2 Å². The SMILES string of the molecule is CCCCc1nc2c(N)nc3ccccc3c2n1CCN1CCN(C(=O)CCC(=O)CCCOCCC(=O)Oc2c(F)c(F)cc(F)c2F)CC1. The van der Waals surface area contributed by atoms with Crippen molar-refractivity contribution in [3.8, 4) is 5.75 Å². The molecule has 11 nitrogen and oxygen atoms in total. The number of aryl methyl sites for hydroxylation is 1. The molecule has 2 N–H and O–H groups in total. The summed E-state index contributed by atoms with van der Waals surface area (Å²) in [5.74, 6) is -8.34. The number of fused-ring (bicyclic) bond motifs is 3. The number of carbonyl (C=O) groups is 3. The fraction of sp³-hybridized carbons (Fsp3) is 0.472. The zero-order chi connectivity index (χ0) is 36.5. The number of piperazine rings is 1. The quantitative estimate of drug-likeness (QED) is 0.0505.